The van der Waals surface area contributed by atoms with Crippen molar-refractivity contribution in [3.8, 4) is 0 Å². The van der Waals surface area contributed by atoms with E-state index in [0.717, 1.165) is 16.8 Å². The Kier molecular flexibility index (Phi) is 5.05. The van der Waals surface area contributed by atoms with Crippen LogP contribution in [-0.4, -0.2) is 11.7 Å². The van der Waals surface area contributed by atoms with E-state index in [4.69, 9.17) is 0 Å². The van der Waals surface area contributed by atoms with Gasteiger partial charge >= 0.3 is 0 Å². The molecule has 0 spiro atoms. The Morgan fingerprint density at radius 2 is 1.82 bits per heavy atom. The zero-order valence-electron chi connectivity index (χ0n) is 10.2. The molecule has 0 amide bonds. The van der Waals surface area contributed by atoms with Crippen LogP contribution in [0.2, 0.25) is 0 Å². The summed E-state index contributed by atoms with van der Waals surface area (Å²) in [5.74, 6) is 1.24. The van der Waals surface area contributed by atoms with Gasteiger partial charge in [-0.3, -0.25) is 0 Å². The Morgan fingerprint density at radius 3 is 2.41 bits per heavy atom. The first-order valence-corrected chi connectivity index (χ1v) is 7.45. The molecular weight excluding hydrogens is 276 g/mol. The first kappa shape index (κ1) is 13.1. The van der Waals surface area contributed by atoms with Gasteiger partial charge in [-0.1, -0.05) is 53.7 Å². The van der Waals surface area contributed by atoms with Gasteiger partial charge in [0, 0.05) is 17.0 Å². The van der Waals surface area contributed by atoms with Gasteiger partial charge in [-0.25, -0.2) is 0 Å². The lowest BCUT2D eigenvalue weighted by Gasteiger charge is -2.17. The molecule has 1 fully saturated rings. The second kappa shape index (κ2) is 6.55. The second-order valence-corrected chi connectivity index (χ2v) is 6.07. The lowest BCUT2D eigenvalue weighted by Crippen LogP contribution is -2.06. The fourth-order valence-electron chi connectivity index (χ4n) is 2.83. The summed E-state index contributed by atoms with van der Waals surface area (Å²) in [5, 5.41) is 9.51. The third-order valence-corrected chi connectivity index (χ3v) is 4.49. The molecule has 0 aromatic heterocycles. The molecule has 1 atom stereocenters. The van der Waals surface area contributed by atoms with Gasteiger partial charge in [0.25, 0.3) is 0 Å². The average Bonchev–Trinajstić information content (AvgIpc) is 2.85. The number of benzene rings is 1. The zero-order chi connectivity index (χ0) is 12.1. The molecule has 94 valence electrons. The summed E-state index contributed by atoms with van der Waals surface area (Å²) in [6.07, 6.45) is 8.03. The smallest absolute Gasteiger partial charge is 0.0499 e. The summed E-state index contributed by atoms with van der Waals surface area (Å²) in [7, 11) is 0. The van der Waals surface area contributed by atoms with Gasteiger partial charge < -0.3 is 5.11 Å². The van der Waals surface area contributed by atoms with E-state index in [0.29, 0.717) is 5.92 Å². The van der Waals surface area contributed by atoms with E-state index in [-0.39, 0.29) is 6.61 Å². The molecule has 2 heteroatoms. The number of rotatable bonds is 5. The highest BCUT2D eigenvalue weighted by atomic mass is 79.9. The SMILES string of the molecule is OCC(CCC1CCCC1)c1ccc(Br)cc1. The predicted octanol–water partition coefficient (Wildman–Crippen LogP) is 4.50. The number of halogens is 1. The summed E-state index contributed by atoms with van der Waals surface area (Å²) in [6, 6.07) is 8.38. The van der Waals surface area contributed by atoms with Gasteiger partial charge in [-0.15, -0.1) is 0 Å². The van der Waals surface area contributed by atoms with Gasteiger partial charge in [-0.05, 0) is 36.5 Å². The van der Waals surface area contributed by atoms with Gasteiger partial charge in [0.2, 0.25) is 0 Å². The fourth-order valence-corrected chi connectivity index (χ4v) is 3.10. The molecule has 0 radical (unpaired) electrons. The molecule has 1 aromatic rings. The van der Waals surface area contributed by atoms with Crippen LogP contribution in [0.4, 0.5) is 0 Å². The molecule has 1 aliphatic carbocycles. The largest absolute Gasteiger partial charge is 0.396 e. The molecule has 1 nitrogen and oxygen atoms in total. The van der Waals surface area contributed by atoms with Crippen LogP contribution in [0, 0.1) is 5.92 Å². The molecule has 1 aromatic carbocycles. The summed E-state index contributed by atoms with van der Waals surface area (Å²) in [4.78, 5) is 0. The van der Waals surface area contributed by atoms with E-state index in [1.807, 2.05) is 0 Å². The molecule has 0 aliphatic heterocycles. The average molecular weight is 297 g/mol. The van der Waals surface area contributed by atoms with Crippen LogP contribution in [0.3, 0.4) is 0 Å². The monoisotopic (exact) mass is 296 g/mol. The number of aliphatic hydroxyl groups is 1. The summed E-state index contributed by atoms with van der Waals surface area (Å²) >= 11 is 3.45. The summed E-state index contributed by atoms with van der Waals surface area (Å²) < 4.78 is 1.11. The molecule has 1 aliphatic rings. The Labute approximate surface area is 112 Å². The van der Waals surface area contributed by atoms with E-state index in [1.165, 1.54) is 37.7 Å². The number of hydrogen-bond donors (Lipinski definition) is 1. The quantitative estimate of drug-likeness (QED) is 0.848. The molecule has 1 saturated carbocycles. The summed E-state index contributed by atoms with van der Waals surface area (Å²) in [6.45, 7) is 0.272. The molecule has 0 heterocycles. The lowest BCUT2D eigenvalue weighted by molar-refractivity contribution is 0.251. The second-order valence-electron chi connectivity index (χ2n) is 5.16. The minimum absolute atomic E-state index is 0.272. The van der Waals surface area contributed by atoms with E-state index in [1.54, 1.807) is 0 Å². The molecule has 2 rings (SSSR count). The Morgan fingerprint density at radius 1 is 1.18 bits per heavy atom. The fraction of sp³-hybridized carbons (Fsp3) is 0.600. The third-order valence-electron chi connectivity index (χ3n) is 3.96. The highest BCUT2D eigenvalue weighted by Crippen LogP contribution is 2.32. The molecule has 1 unspecified atom stereocenters. The molecule has 1 N–H and O–H groups in total. The van der Waals surface area contributed by atoms with E-state index >= 15 is 0 Å². The Hall–Kier alpha value is -0.340. The maximum absolute atomic E-state index is 9.51. The van der Waals surface area contributed by atoms with Gasteiger partial charge in [0.15, 0.2) is 0 Å². The normalized spacial score (nSPS) is 18.5. The van der Waals surface area contributed by atoms with Crippen LogP contribution in [0.1, 0.15) is 50.0 Å². The van der Waals surface area contributed by atoms with Crippen LogP contribution in [-0.2, 0) is 0 Å². The van der Waals surface area contributed by atoms with Crippen LogP contribution in [0.5, 0.6) is 0 Å². The lowest BCUT2D eigenvalue weighted by atomic mass is 9.90. The van der Waals surface area contributed by atoms with Crippen molar-refractivity contribution in [3.63, 3.8) is 0 Å². The van der Waals surface area contributed by atoms with Crippen molar-refractivity contribution in [1.82, 2.24) is 0 Å². The van der Waals surface area contributed by atoms with Crippen LogP contribution < -0.4 is 0 Å². The van der Waals surface area contributed by atoms with Crippen LogP contribution in [0.15, 0.2) is 28.7 Å². The zero-order valence-corrected chi connectivity index (χ0v) is 11.8. The van der Waals surface area contributed by atoms with Crippen molar-refractivity contribution in [2.75, 3.05) is 6.61 Å². The van der Waals surface area contributed by atoms with E-state index < -0.39 is 0 Å². The number of hydrogen-bond acceptors (Lipinski definition) is 1. The minimum atomic E-state index is 0.272. The predicted molar refractivity (Wildman–Crippen MR) is 75.2 cm³/mol. The van der Waals surface area contributed by atoms with Crippen molar-refractivity contribution in [1.29, 1.82) is 0 Å². The maximum atomic E-state index is 9.51. The highest BCUT2D eigenvalue weighted by Gasteiger charge is 2.18. The van der Waals surface area contributed by atoms with Gasteiger partial charge in [-0.2, -0.15) is 0 Å². The van der Waals surface area contributed by atoms with Gasteiger partial charge in [0.1, 0.15) is 0 Å². The van der Waals surface area contributed by atoms with Crippen molar-refractivity contribution < 1.29 is 5.11 Å². The maximum Gasteiger partial charge on any atom is 0.0499 e. The van der Waals surface area contributed by atoms with Gasteiger partial charge in [0.05, 0.1) is 0 Å². The molecule has 0 bridgehead atoms. The Bertz CT molecular complexity index is 327. The number of aliphatic hydroxyl groups excluding tert-OH is 1. The highest BCUT2D eigenvalue weighted by molar-refractivity contribution is 9.10. The van der Waals surface area contributed by atoms with E-state index in [9.17, 15) is 5.11 Å². The minimum Gasteiger partial charge on any atom is -0.396 e. The standard InChI is InChI=1S/C15H21BrO/c16-15-9-7-13(8-10-15)14(11-17)6-5-12-3-1-2-4-12/h7-10,12,14,17H,1-6,11H2. The van der Waals surface area contributed by atoms with Crippen molar-refractivity contribution in [2.45, 2.75) is 44.4 Å². The van der Waals surface area contributed by atoms with Crippen molar-refractivity contribution in [3.05, 3.63) is 34.3 Å². The first-order valence-electron chi connectivity index (χ1n) is 6.66. The summed E-state index contributed by atoms with van der Waals surface area (Å²) in [5.41, 5.74) is 1.27. The van der Waals surface area contributed by atoms with Crippen molar-refractivity contribution >= 4 is 15.9 Å². The molecule has 17 heavy (non-hydrogen) atoms. The van der Waals surface area contributed by atoms with Crippen LogP contribution >= 0.6 is 15.9 Å². The topological polar surface area (TPSA) is 20.2 Å². The first-order chi connectivity index (χ1) is 8.29. The molecule has 0 saturated heterocycles. The Balaban J connectivity index is 1.89. The third kappa shape index (κ3) is 3.82. The van der Waals surface area contributed by atoms with E-state index in [2.05, 4.69) is 40.2 Å². The van der Waals surface area contributed by atoms with Crippen LogP contribution in [0.25, 0.3) is 0 Å². The van der Waals surface area contributed by atoms with Crippen molar-refractivity contribution in [2.24, 2.45) is 5.92 Å². The molecular formula is C15H21BrO.